The lowest BCUT2D eigenvalue weighted by Gasteiger charge is -2.18. The summed E-state index contributed by atoms with van der Waals surface area (Å²) in [4.78, 5) is 14.7. The minimum atomic E-state index is -0.148. The maximum atomic E-state index is 11.8. The third kappa shape index (κ3) is 3.04. The van der Waals surface area contributed by atoms with E-state index in [4.69, 9.17) is 11.1 Å². The summed E-state index contributed by atoms with van der Waals surface area (Å²) in [6.07, 6.45) is 3.42. The fourth-order valence-corrected chi connectivity index (χ4v) is 3.49. The van der Waals surface area contributed by atoms with E-state index in [1.54, 1.807) is 0 Å². The lowest BCUT2D eigenvalue weighted by atomic mass is 9.99. The Morgan fingerprint density at radius 2 is 2.09 bits per heavy atom. The largest absolute Gasteiger partial charge is 0.385 e. The molecule has 1 aromatic carbocycles. The molecule has 7 heteroatoms. The van der Waals surface area contributed by atoms with E-state index in [0.717, 1.165) is 30.0 Å². The molecule has 4 N–H and O–H groups in total. The number of nitrogens with zero attached hydrogens (tertiary/aromatic N) is 2. The van der Waals surface area contributed by atoms with E-state index in [1.807, 2.05) is 24.3 Å². The first-order valence-electron chi connectivity index (χ1n) is 7.21. The highest BCUT2D eigenvalue weighted by Crippen LogP contribution is 2.31. The molecule has 1 aromatic heterocycles. The molecule has 22 heavy (non-hydrogen) atoms. The summed E-state index contributed by atoms with van der Waals surface area (Å²) < 4.78 is 0. The van der Waals surface area contributed by atoms with Crippen LogP contribution >= 0.6 is 11.8 Å². The number of carbonyl (C=O) groups is 1. The number of benzene rings is 1. The summed E-state index contributed by atoms with van der Waals surface area (Å²) in [5.74, 6) is 1.28. The molecule has 114 valence electrons. The van der Waals surface area contributed by atoms with Crippen molar-refractivity contribution in [1.29, 1.82) is 5.41 Å². The Labute approximate surface area is 132 Å². The van der Waals surface area contributed by atoms with Crippen LogP contribution in [0.4, 0.5) is 11.6 Å². The van der Waals surface area contributed by atoms with Crippen LogP contribution in [0.1, 0.15) is 25.7 Å². The zero-order chi connectivity index (χ0) is 15.5. The number of fused-ring (bicyclic) bond motifs is 1. The average Bonchev–Trinajstić information content (AvgIpc) is 2.85. The smallest absolute Gasteiger partial charge is 0.202 e. The van der Waals surface area contributed by atoms with Crippen LogP contribution in [0.15, 0.2) is 34.5 Å². The molecule has 0 saturated heterocycles. The van der Waals surface area contributed by atoms with Crippen molar-refractivity contribution >= 4 is 45.1 Å². The van der Waals surface area contributed by atoms with Crippen LogP contribution in [0.2, 0.25) is 0 Å². The first-order chi connectivity index (χ1) is 10.6. The third-order valence-electron chi connectivity index (χ3n) is 3.72. The second kappa shape index (κ2) is 6.31. The van der Waals surface area contributed by atoms with Gasteiger partial charge in [0.25, 0.3) is 0 Å². The van der Waals surface area contributed by atoms with Gasteiger partial charge >= 0.3 is 0 Å². The Balaban J connectivity index is 1.72. The zero-order valence-corrected chi connectivity index (χ0v) is 12.8. The Hall–Kier alpha value is -2.15. The topological polar surface area (TPSA) is 107 Å². The van der Waals surface area contributed by atoms with Crippen molar-refractivity contribution in [2.45, 2.75) is 30.9 Å². The summed E-state index contributed by atoms with van der Waals surface area (Å²) in [6, 6.07) is 7.61. The number of hydrogen-bond acceptors (Lipinski definition) is 5. The number of nitrogen functional groups attached to an aromatic ring is 1. The van der Waals surface area contributed by atoms with Crippen molar-refractivity contribution in [3.8, 4) is 0 Å². The van der Waals surface area contributed by atoms with Crippen molar-refractivity contribution < 1.29 is 4.79 Å². The van der Waals surface area contributed by atoms with Crippen molar-refractivity contribution in [2.75, 3.05) is 5.73 Å². The summed E-state index contributed by atoms with van der Waals surface area (Å²) >= 11 is 1.19. The number of thioether (sulfide) groups is 1. The van der Waals surface area contributed by atoms with E-state index < -0.39 is 0 Å². The van der Waals surface area contributed by atoms with E-state index in [0.29, 0.717) is 18.1 Å². The lowest BCUT2D eigenvalue weighted by Crippen LogP contribution is -2.22. The second-order valence-electron chi connectivity index (χ2n) is 5.26. The van der Waals surface area contributed by atoms with Crippen LogP contribution in [0.3, 0.4) is 0 Å². The van der Waals surface area contributed by atoms with Gasteiger partial charge in [0.1, 0.15) is 11.6 Å². The lowest BCUT2D eigenvalue weighted by molar-refractivity contribution is -0.119. The molecule has 2 aromatic rings. The predicted molar refractivity (Wildman–Crippen MR) is 89.8 cm³/mol. The molecule has 1 aliphatic rings. The number of ketones is 1. The van der Waals surface area contributed by atoms with Gasteiger partial charge in [-0.2, -0.15) is 0 Å². The molecule has 3 rings (SSSR count). The zero-order valence-electron chi connectivity index (χ0n) is 12.0. The highest BCUT2D eigenvalue weighted by atomic mass is 32.2. The van der Waals surface area contributed by atoms with Crippen molar-refractivity contribution in [3.05, 3.63) is 24.3 Å². The van der Waals surface area contributed by atoms with Gasteiger partial charge in [-0.25, -0.2) is 0 Å². The van der Waals surface area contributed by atoms with Crippen LogP contribution in [-0.4, -0.2) is 21.2 Å². The minimum absolute atomic E-state index is 0.0532. The SMILES string of the molecule is N=C(/N=N/c1[nH]c(N)c2ccccc12)SC1CCCCC1=O. The van der Waals surface area contributed by atoms with Crippen LogP contribution < -0.4 is 5.73 Å². The maximum absolute atomic E-state index is 11.8. The van der Waals surface area contributed by atoms with Gasteiger partial charge in [-0.05, 0) is 12.8 Å². The summed E-state index contributed by atoms with van der Waals surface area (Å²) in [5.41, 5.74) is 5.89. The van der Waals surface area contributed by atoms with E-state index in [9.17, 15) is 4.79 Å². The summed E-state index contributed by atoms with van der Waals surface area (Å²) in [6.45, 7) is 0. The number of aromatic nitrogens is 1. The van der Waals surface area contributed by atoms with Gasteiger partial charge in [-0.15, -0.1) is 10.2 Å². The number of nitrogens with two attached hydrogens (primary N) is 1. The monoisotopic (exact) mass is 315 g/mol. The minimum Gasteiger partial charge on any atom is -0.385 e. The molecule has 0 amide bonds. The van der Waals surface area contributed by atoms with Gasteiger partial charge in [-0.3, -0.25) is 10.2 Å². The molecule has 1 fully saturated rings. The Morgan fingerprint density at radius 3 is 2.86 bits per heavy atom. The van der Waals surface area contributed by atoms with Crippen molar-refractivity contribution in [3.63, 3.8) is 0 Å². The van der Waals surface area contributed by atoms with Gasteiger partial charge in [0, 0.05) is 17.2 Å². The molecule has 1 unspecified atom stereocenters. The van der Waals surface area contributed by atoms with Crippen LogP contribution in [0.25, 0.3) is 10.8 Å². The normalized spacial score (nSPS) is 19.1. The third-order valence-corrected chi connectivity index (χ3v) is 4.81. The number of rotatable bonds is 2. The molecule has 0 radical (unpaired) electrons. The summed E-state index contributed by atoms with van der Waals surface area (Å²) in [5, 5.41) is 17.5. The molecular weight excluding hydrogens is 298 g/mol. The first-order valence-corrected chi connectivity index (χ1v) is 8.09. The Morgan fingerprint density at radius 1 is 1.32 bits per heavy atom. The fourth-order valence-electron chi connectivity index (χ4n) is 2.59. The van der Waals surface area contributed by atoms with Crippen LogP contribution in [0.5, 0.6) is 0 Å². The average molecular weight is 315 g/mol. The van der Waals surface area contributed by atoms with E-state index >= 15 is 0 Å². The van der Waals surface area contributed by atoms with Gasteiger partial charge in [-0.1, -0.05) is 42.4 Å². The highest BCUT2D eigenvalue weighted by Gasteiger charge is 2.24. The number of amidine groups is 1. The molecule has 1 aliphatic carbocycles. The van der Waals surface area contributed by atoms with Crippen LogP contribution in [0, 0.1) is 5.41 Å². The molecule has 0 aliphatic heterocycles. The van der Waals surface area contributed by atoms with Crippen molar-refractivity contribution in [1.82, 2.24) is 4.98 Å². The standard InChI is InChI=1S/C15H17N5OS/c16-13-9-5-1-2-6-10(9)14(18-13)19-20-15(17)22-12-8-4-3-7-11(12)21/h1-2,5-6,12,17-18H,3-4,7-8,16H2/b17-15?,20-19+. The van der Waals surface area contributed by atoms with Crippen LogP contribution in [-0.2, 0) is 4.79 Å². The number of nitrogens with one attached hydrogen (secondary N) is 2. The molecule has 1 saturated carbocycles. The predicted octanol–water partition coefficient (Wildman–Crippen LogP) is 4.01. The molecule has 1 atom stereocenters. The van der Waals surface area contributed by atoms with Gasteiger partial charge in [0.15, 0.2) is 5.82 Å². The molecule has 0 bridgehead atoms. The maximum Gasteiger partial charge on any atom is 0.202 e. The molecule has 1 heterocycles. The van der Waals surface area contributed by atoms with Crippen molar-refractivity contribution in [2.24, 2.45) is 10.2 Å². The number of hydrogen-bond donors (Lipinski definition) is 3. The molecular formula is C15H17N5OS. The number of aromatic amines is 1. The number of H-pyrrole nitrogens is 1. The number of azo groups is 1. The first kappa shape index (κ1) is 14.8. The molecule has 6 nitrogen and oxygen atoms in total. The van der Waals surface area contributed by atoms with E-state index in [-0.39, 0.29) is 16.2 Å². The van der Waals surface area contributed by atoms with E-state index in [1.165, 1.54) is 11.8 Å². The highest BCUT2D eigenvalue weighted by molar-refractivity contribution is 8.14. The second-order valence-corrected chi connectivity index (χ2v) is 6.45. The molecule has 0 spiro atoms. The quantitative estimate of drug-likeness (QED) is 0.442. The number of Topliss-reactive ketones (excluding diaryl/α,β-unsaturated/α-hetero) is 1. The van der Waals surface area contributed by atoms with E-state index in [2.05, 4.69) is 15.2 Å². The van der Waals surface area contributed by atoms with Gasteiger partial charge < -0.3 is 10.7 Å². The number of anilines is 1. The Bertz CT molecular complexity index is 751. The summed E-state index contributed by atoms with van der Waals surface area (Å²) in [7, 11) is 0. The van der Waals surface area contributed by atoms with Gasteiger partial charge in [0.2, 0.25) is 5.17 Å². The van der Waals surface area contributed by atoms with Gasteiger partial charge in [0.05, 0.1) is 5.25 Å². The Kier molecular flexibility index (Phi) is 4.24. The fraction of sp³-hybridized carbons (Fsp3) is 0.333. The number of carbonyl (C=O) groups excluding carboxylic acids is 1.